The fraction of sp³-hybridized carbons (Fsp3) is 0.500. The summed E-state index contributed by atoms with van der Waals surface area (Å²) < 4.78 is 0. The van der Waals surface area contributed by atoms with Crippen molar-refractivity contribution < 1.29 is 4.79 Å². The molecular formula is C12H15NO. The van der Waals surface area contributed by atoms with Crippen LogP contribution in [0.1, 0.15) is 31.2 Å². The predicted molar refractivity (Wildman–Crippen MR) is 54.9 cm³/mol. The summed E-state index contributed by atoms with van der Waals surface area (Å²) >= 11 is 0. The van der Waals surface area contributed by atoms with Crippen LogP contribution < -0.4 is 0 Å². The molecule has 2 rings (SSSR count). The van der Waals surface area contributed by atoms with E-state index in [1.807, 2.05) is 12.1 Å². The zero-order valence-electron chi connectivity index (χ0n) is 8.28. The third-order valence-electron chi connectivity index (χ3n) is 2.91. The largest absolute Gasteiger partial charge is 0.299 e. The van der Waals surface area contributed by atoms with E-state index in [-0.39, 0.29) is 0 Å². The van der Waals surface area contributed by atoms with Gasteiger partial charge in [0.15, 0.2) is 0 Å². The predicted octanol–water partition coefficient (Wildman–Crippen LogP) is 2.38. The van der Waals surface area contributed by atoms with E-state index in [9.17, 15) is 4.79 Å². The van der Waals surface area contributed by atoms with Crippen molar-refractivity contribution >= 4 is 5.78 Å². The maximum Gasteiger partial charge on any atom is 0.140 e. The molecule has 0 unspecified atom stereocenters. The van der Waals surface area contributed by atoms with Gasteiger partial charge < -0.3 is 0 Å². The van der Waals surface area contributed by atoms with Crippen molar-refractivity contribution in [2.75, 3.05) is 0 Å². The number of carbonyl (C=O) groups is 1. The molecule has 1 aromatic heterocycles. The van der Waals surface area contributed by atoms with Crippen LogP contribution in [0.25, 0.3) is 0 Å². The molecule has 1 saturated carbocycles. The SMILES string of the molecule is O=C(Cc1cccnc1)C1CCCC1. The average molecular weight is 189 g/mol. The average Bonchev–Trinajstić information content (AvgIpc) is 2.72. The molecule has 0 spiro atoms. The molecule has 0 saturated heterocycles. The van der Waals surface area contributed by atoms with Crippen LogP contribution in [0.4, 0.5) is 0 Å². The molecule has 0 aromatic carbocycles. The Balaban J connectivity index is 1.94. The first-order chi connectivity index (χ1) is 6.86. The number of pyridine rings is 1. The van der Waals surface area contributed by atoms with Gasteiger partial charge in [-0.3, -0.25) is 9.78 Å². The normalized spacial score (nSPS) is 17.1. The van der Waals surface area contributed by atoms with Gasteiger partial charge in [0, 0.05) is 24.7 Å². The molecule has 0 aliphatic heterocycles. The highest BCUT2D eigenvalue weighted by atomic mass is 16.1. The Morgan fingerprint density at radius 2 is 2.21 bits per heavy atom. The maximum absolute atomic E-state index is 11.8. The van der Waals surface area contributed by atoms with E-state index in [2.05, 4.69) is 4.98 Å². The Hall–Kier alpha value is -1.18. The highest BCUT2D eigenvalue weighted by Crippen LogP contribution is 2.26. The Morgan fingerprint density at radius 1 is 1.43 bits per heavy atom. The van der Waals surface area contributed by atoms with Gasteiger partial charge in [0.25, 0.3) is 0 Å². The summed E-state index contributed by atoms with van der Waals surface area (Å²) in [6, 6.07) is 3.86. The molecule has 0 atom stereocenters. The Morgan fingerprint density at radius 3 is 2.86 bits per heavy atom. The van der Waals surface area contributed by atoms with Gasteiger partial charge in [0.05, 0.1) is 0 Å². The molecule has 0 N–H and O–H groups in total. The molecule has 1 aliphatic rings. The maximum atomic E-state index is 11.8. The lowest BCUT2D eigenvalue weighted by atomic mass is 9.97. The number of rotatable bonds is 3. The first kappa shape index (κ1) is 9.38. The van der Waals surface area contributed by atoms with Crippen LogP contribution in [0.15, 0.2) is 24.5 Å². The van der Waals surface area contributed by atoms with Crippen molar-refractivity contribution in [3.63, 3.8) is 0 Å². The second-order valence-corrected chi connectivity index (χ2v) is 3.99. The lowest BCUT2D eigenvalue weighted by molar-refractivity contribution is -0.122. The van der Waals surface area contributed by atoms with Crippen molar-refractivity contribution in [1.29, 1.82) is 0 Å². The zero-order valence-corrected chi connectivity index (χ0v) is 8.28. The molecule has 1 heterocycles. The standard InChI is InChI=1S/C12H15NO/c14-12(11-5-1-2-6-11)8-10-4-3-7-13-9-10/h3-4,7,9,11H,1-2,5-6,8H2. The molecular weight excluding hydrogens is 174 g/mol. The summed E-state index contributed by atoms with van der Waals surface area (Å²) in [5.41, 5.74) is 1.05. The number of hydrogen-bond donors (Lipinski definition) is 0. The number of nitrogens with zero attached hydrogens (tertiary/aromatic N) is 1. The summed E-state index contributed by atoms with van der Waals surface area (Å²) in [7, 11) is 0. The van der Waals surface area contributed by atoms with Crippen molar-refractivity contribution in [2.45, 2.75) is 32.1 Å². The van der Waals surface area contributed by atoms with Gasteiger partial charge in [0.1, 0.15) is 5.78 Å². The number of aromatic nitrogens is 1. The number of carbonyl (C=O) groups excluding carboxylic acids is 1. The van der Waals surface area contributed by atoms with Gasteiger partial charge in [-0.1, -0.05) is 18.9 Å². The molecule has 0 amide bonds. The summed E-state index contributed by atoms with van der Waals surface area (Å²) in [4.78, 5) is 15.8. The minimum atomic E-state index is 0.329. The van der Waals surface area contributed by atoms with Crippen LogP contribution in [0, 0.1) is 5.92 Å². The quantitative estimate of drug-likeness (QED) is 0.730. The van der Waals surface area contributed by atoms with Gasteiger partial charge in [0.2, 0.25) is 0 Å². The summed E-state index contributed by atoms with van der Waals surface area (Å²) in [6.45, 7) is 0. The molecule has 1 fully saturated rings. The minimum absolute atomic E-state index is 0.329. The van der Waals surface area contributed by atoms with Gasteiger partial charge in [-0.15, -0.1) is 0 Å². The summed E-state index contributed by atoms with van der Waals surface area (Å²) in [5.74, 6) is 0.728. The van der Waals surface area contributed by atoms with Crippen LogP contribution in [0.2, 0.25) is 0 Å². The van der Waals surface area contributed by atoms with E-state index in [0.717, 1.165) is 18.4 Å². The lowest BCUT2D eigenvalue weighted by Crippen LogP contribution is -2.13. The Labute approximate surface area is 84.4 Å². The highest BCUT2D eigenvalue weighted by molar-refractivity contribution is 5.83. The minimum Gasteiger partial charge on any atom is -0.299 e. The second-order valence-electron chi connectivity index (χ2n) is 3.99. The first-order valence-electron chi connectivity index (χ1n) is 5.28. The molecule has 2 nitrogen and oxygen atoms in total. The Kier molecular flexibility index (Phi) is 2.92. The highest BCUT2D eigenvalue weighted by Gasteiger charge is 2.22. The third-order valence-corrected chi connectivity index (χ3v) is 2.91. The van der Waals surface area contributed by atoms with E-state index in [4.69, 9.17) is 0 Å². The monoisotopic (exact) mass is 189 g/mol. The third kappa shape index (κ3) is 2.19. The van der Waals surface area contributed by atoms with Gasteiger partial charge in [-0.25, -0.2) is 0 Å². The summed E-state index contributed by atoms with van der Waals surface area (Å²) in [5, 5.41) is 0. The zero-order chi connectivity index (χ0) is 9.80. The van der Waals surface area contributed by atoms with Crippen LogP contribution in [-0.4, -0.2) is 10.8 Å². The van der Waals surface area contributed by atoms with Gasteiger partial charge in [-0.2, -0.15) is 0 Å². The molecule has 0 bridgehead atoms. The fourth-order valence-corrected chi connectivity index (χ4v) is 2.10. The van der Waals surface area contributed by atoms with Crippen molar-refractivity contribution in [2.24, 2.45) is 5.92 Å². The Bertz CT molecular complexity index is 301. The van der Waals surface area contributed by atoms with Crippen molar-refractivity contribution in [3.05, 3.63) is 30.1 Å². The second kappa shape index (κ2) is 4.36. The smallest absolute Gasteiger partial charge is 0.140 e. The molecule has 1 aliphatic carbocycles. The van der Waals surface area contributed by atoms with Crippen LogP contribution in [-0.2, 0) is 11.2 Å². The van der Waals surface area contributed by atoms with E-state index < -0.39 is 0 Å². The van der Waals surface area contributed by atoms with Crippen LogP contribution in [0.3, 0.4) is 0 Å². The van der Waals surface area contributed by atoms with Crippen molar-refractivity contribution in [1.82, 2.24) is 4.98 Å². The molecule has 14 heavy (non-hydrogen) atoms. The molecule has 74 valence electrons. The molecule has 2 heteroatoms. The van der Waals surface area contributed by atoms with E-state index in [1.54, 1.807) is 12.4 Å². The van der Waals surface area contributed by atoms with Crippen molar-refractivity contribution in [3.8, 4) is 0 Å². The van der Waals surface area contributed by atoms with E-state index in [1.165, 1.54) is 12.8 Å². The van der Waals surface area contributed by atoms with E-state index in [0.29, 0.717) is 18.1 Å². The lowest BCUT2D eigenvalue weighted by Gasteiger charge is -2.06. The van der Waals surface area contributed by atoms with Crippen LogP contribution in [0.5, 0.6) is 0 Å². The van der Waals surface area contributed by atoms with Crippen LogP contribution >= 0.6 is 0 Å². The molecule has 0 radical (unpaired) electrons. The number of Topliss-reactive ketones (excluding diaryl/α,β-unsaturated/α-hetero) is 1. The van der Waals surface area contributed by atoms with E-state index >= 15 is 0 Å². The first-order valence-corrected chi connectivity index (χ1v) is 5.28. The molecule has 1 aromatic rings. The number of hydrogen-bond acceptors (Lipinski definition) is 2. The summed E-state index contributed by atoms with van der Waals surface area (Å²) in [6.07, 6.45) is 8.74. The van der Waals surface area contributed by atoms with Gasteiger partial charge >= 0.3 is 0 Å². The van der Waals surface area contributed by atoms with Gasteiger partial charge in [-0.05, 0) is 24.5 Å². The topological polar surface area (TPSA) is 30.0 Å². The number of ketones is 1. The fourth-order valence-electron chi connectivity index (χ4n) is 2.10.